The molecule has 0 aromatic rings. The van der Waals surface area contributed by atoms with Crippen LogP contribution >= 0.6 is 0 Å². The van der Waals surface area contributed by atoms with Crippen molar-refractivity contribution in [3.63, 3.8) is 0 Å². The topological polar surface area (TPSA) is 101 Å². The highest BCUT2D eigenvalue weighted by atomic mass is 19.2. The lowest BCUT2D eigenvalue weighted by Crippen LogP contribution is -2.52. The lowest BCUT2D eigenvalue weighted by molar-refractivity contribution is -0.286. The van der Waals surface area contributed by atoms with Gasteiger partial charge in [-0.1, -0.05) is 0 Å². The van der Waals surface area contributed by atoms with Crippen LogP contribution in [0.1, 0.15) is 61.3 Å². The number of hydrogen-bond acceptors (Lipinski definition) is 8. The number of allylic oxidation sites excluding steroid dienone is 1. The number of hydrogen-bond donors (Lipinski definition) is 0. The van der Waals surface area contributed by atoms with Gasteiger partial charge in [0.2, 0.25) is 0 Å². The number of amides is 2. The Labute approximate surface area is 181 Å². The summed E-state index contributed by atoms with van der Waals surface area (Å²) in [4.78, 5) is 47.0. The predicted molar refractivity (Wildman–Crippen MR) is 106 cm³/mol. The van der Waals surface area contributed by atoms with Gasteiger partial charge in [0.05, 0.1) is 13.7 Å². The third kappa shape index (κ3) is 11.6. The fraction of sp³-hybridized carbons (Fsp3) is 0.750. The number of halogens is 2. The first-order valence-electron chi connectivity index (χ1n) is 9.73. The summed E-state index contributed by atoms with van der Waals surface area (Å²) in [6.45, 7) is 10.3. The maximum Gasteiger partial charge on any atom is 0.420 e. The van der Waals surface area contributed by atoms with E-state index in [1.54, 1.807) is 48.5 Å². The third-order valence-electron chi connectivity index (χ3n) is 3.28. The highest BCUT2D eigenvalue weighted by Crippen LogP contribution is 2.23. The Morgan fingerprint density at radius 2 is 1.35 bits per heavy atom. The lowest BCUT2D eigenvalue weighted by atomic mass is 10.1. The van der Waals surface area contributed by atoms with Gasteiger partial charge in [-0.2, -0.15) is 4.90 Å². The molecule has 0 aromatic carbocycles. The van der Waals surface area contributed by atoms with E-state index in [1.165, 1.54) is 0 Å². The van der Waals surface area contributed by atoms with Gasteiger partial charge in [-0.3, -0.25) is 0 Å². The molecule has 2 amide bonds. The van der Waals surface area contributed by atoms with Crippen LogP contribution in [0.15, 0.2) is 11.7 Å². The summed E-state index contributed by atoms with van der Waals surface area (Å²) in [5, 5.41) is 0. The average Bonchev–Trinajstić information content (AvgIpc) is 2.60. The van der Waals surface area contributed by atoms with E-state index in [1.807, 2.05) is 0 Å². The molecule has 9 nitrogen and oxygen atoms in total. The fourth-order valence-electron chi connectivity index (χ4n) is 2.09. The van der Waals surface area contributed by atoms with Gasteiger partial charge >= 0.3 is 18.2 Å². The number of imide groups is 1. The number of methoxy groups -OCH3 is 1. The Balaban J connectivity index is 5.79. The fourth-order valence-corrected chi connectivity index (χ4v) is 2.09. The first-order valence-corrected chi connectivity index (χ1v) is 9.73. The monoisotopic (exact) mass is 453 g/mol. The largest absolute Gasteiger partial charge is 0.467 e. The van der Waals surface area contributed by atoms with E-state index in [9.17, 15) is 23.2 Å². The van der Waals surface area contributed by atoms with E-state index in [2.05, 4.69) is 14.5 Å². The van der Waals surface area contributed by atoms with Crippen molar-refractivity contribution < 1.29 is 47.2 Å². The zero-order chi connectivity index (χ0) is 24.4. The molecule has 0 aliphatic carbocycles. The maximum atomic E-state index is 14.1. The number of rotatable bonds is 9. The van der Waals surface area contributed by atoms with Gasteiger partial charge in [0.15, 0.2) is 5.83 Å². The van der Waals surface area contributed by atoms with Crippen molar-refractivity contribution in [3.8, 4) is 0 Å². The second kappa shape index (κ2) is 12.6. The molecule has 0 aliphatic rings. The Kier molecular flexibility index (Phi) is 11.6. The molecule has 0 spiro atoms. The van der Waals surface area contributed by atoms with Gasteiger partial charge in [-0.25, -0.2) is 32.9 Å². The molecule has 31 heavy (non-hydrogen) atoms. The normalized spacial score (nSPS) is 13.7. The van der Waals surface area contributed by atoms with Crippen molar-refractivity contribution in [2.75, 3.05) is 20.3 Å². The molecule has 0 radical (unpaired) electrons. The number of ether oxygens (including phenoxy) is 3. The lowest BCUT2D eigenvalue weighted by Gasteiger charge is -2.32. The molecule has 0 unspecified atom stereocenters. The first kappa shape index (κ1) is 28.7. The minimum Gasteiger partial charge on any atom is -0.467 e. The Hall–Kier alpha value is -2.27. The first-order chi connectivity index (χ1) is 14.1. The number of esters is 1. The zero-order valence-corrected chi connectivity index (χ0v) is 19.4. The minimum absolute atomic E-state index is 0.139. The van der Waals surface area contributed by atoms with Crippen LogP contribution in [0.4, 0.5) is 18.4 Å². The molecular weight excluding hydrogens is 420 g/mol. The summed E-state index contributed by atoms with van der Waals surface area (Å²) < 4.78 is 43.0. The van der Waals surface area contributed by atoms with E-state index in [-0.39, 0.29) is 6.61 Å². The van der Waals surface area contributed by atoms with Crippen molar-refractivity contribution in [3.05, 3.63) is 11.7 Å². The summed E-state index contributed by atoms with van der Waals surface area (Å²) in [5.41, 5.74) is -2.02. The Morgan fingerprint density at radius 3 is 1.74 bits per heavy atom. The van der Waals surface area contributed by atoms with Crippen molar-refractivity contribution in [2.24, 2.45) is 0 Å². The van der Waals surface area contributed by atoms with E-state index >= 15 is 0 Å². The van der Waals surface area contributed by atoms with Gasteiger partial charge in [0.1, 0.15) is 29.7 Å². The SMILES string of the molecule is CCOOC/C(F)=C(\F)CC[C@@H](C(=O)OC)N(C(=O)OC(C)(C)C)C(=O)OC(C)(C)C. The molecule has 0 rings (SSSR count). The molecule has 0 saturated heterocycles. The van der Waals surface area contributed by atoms with E-state index in [4.69, 9.17) is 9.47 Å². The molecule has 0 bridgehead atoms. The minimum atomic E-state index is -1.62. The highest BCUT2D eigenvalue weighted by Gasteiger charge is 2.41. The molecule has 0 aromatic heterocycles. The van der Waals surface area contributed by atoms with Crippen LogP contribution in [-0.2, 0) is 28.8 Å². The van der Waals surface area contributed by atoms with Crippen LogP contribution < -0.4 is 0 Å². The molecule has 0 aliphatic heterocycles. The van der Waals surface area contributed by atoms with Gasteiger partial charge in [-0.15, -0.1) is 0 Å². The predicted octanol–water partition coefficient (Wildman–Crippen LogP) is 4.60. The Morgan fingerprint density at radius 1 is 0.871 bits per heavy atom. The Bertz CT molecular complexity index is 625. The summed E-state index contributed by atoms with van der Waals surface area (Å²) in [6, 6.07) is -1.62. The molecule has 0 fully saturated rings. The summed E-state index contributed by atoms with van der Waals surface area (Å²) in [5.74, 6) is -3.52. The molecule has 0 saturated carbocycles. The van der Waals surface area contributed by atoms with Gasteiger partial charge in [0, 0.05) is 6.42 Å². The maximum absolute atomic E-state index is 14.1. The molecule has 1 atom stereocenters. The highest BCUT2D eigenvalue weighted by molar-refractivity contribution is 5.94. The number of nitrogens with zero attached hydrogens (tertiary/aromatic N) is 1. The third-order valence-corrected chi connectivity index (χ3v) is 3.28. The van der Waals surface area contributed by atoms with Crippen LogP contribution in [0.2, 0.25) is 0 Å². The summed E-state index contributed by atoms with van der Waals surface area (Å²) >= 11 is 0. The standard InChI is InChI=1S/C20H33F2NO8/c1-9-28-29-12-14(22)13(21)10-11-15(16(24)27-8)23(17(25)30-19(2,3)4)18(26)31-20(5,6)7/h15H,9-12H2,1-8H3/b14-13+/t15-/m0/s1. The molecule has 0 heterocycles. The summed E-state index contributed by atoms with van der Waals surface area (Å²) in [6.07, 6.45) is -3.51. The molecule has 0 N–H and O–H groups in total. The van der Waals surface area contributed by atoms with E-state index in [0.717, 1.165) is 7.11 Å². The van der Waals surface area contributed by atoms with Crippen molar-refractivity contribution in [1.29, 1.82) is 0 Å². The second-order valence-corrected chi connectivity index (χ2v) is 8.39. The van der Waals surface area contributed by atoms with Crippen molar-refractivity contribution in [1.82, 2.24) is 4.90 Å². The van der Waals surface area contributed by atoms with Crippen LogP contribution in [-0.4, -0.2) is 60.6 Å². The van der Waals surface area contributed by atoms with Crippen molar-refractivity contribution in [2.45, 2.75) is 78.6 Å². The van der Waals surface area contributed by atoms with Crippen LogP contribution in [0.5, 0.6) is 0 Å². The van der Waals surface area contributed by atoms with Gasteiger partial charge in [-0.05, 0) is 54.9 Å². The van der Waals surface area contributed by atoms with E-state index in [0.29, 0.717) is 4.90 Å². The number of carbonyl (C=O) groups is 3. The van der Waals surface area contributed by atoms with Crippen LogP contribution in [0, 0.1) is 0 Å². The van der Waals surface area contributed by atoms with Gasteiger partial charge in [0.25, 0.3) is 0 Å². The summed E-state index contributed by atoms with van der Waals surface area (Å²) in [7, 11) is 1.03. The second-order valence-electron chi connectivity index (χ2n) is 8.39. The average molecular weight is 453 g/mol. The van der Waals surface area contributed by atoms with E-state index < -0.39 is 66.5 Å². The molecular formula is C20H33F2NO8. The van der Waals surface area contributed by atoms with Crippen molar-refractivity contribution >= 4 is 18.2 Å². The number of carbonyl (C=O) groups excluding carboxylic acids is 3. The molecule has 11 heteroatoms. The quantitative estimate of drug-likeness (QED) is 0.164. The van der Waals surface area contributed by atoms with Crippen LogP contribution in [0.3, 0.4) is 0 Å². The van der Waals surface area contributed by atoms with Crippen LogP contribution in [0.25, 0.3) is 0 Å². The molecule has 180 valence electrons. The van der Waals surface area contributed by atoms with Gasteiger partial charge < -0.3 is 14.2 Å². The zero-order valence-electron chi connectivity index (χ0n) is 19.4. The smallest absolute Gasteiger partial charge is 0.420 e.